The Morgan fingerprint density at radius 3 is 2.73 bits per heavy atom. The third kappa shape index (κ3) is 1.68. The average Bonchev–Trinajstić information content (AvgIpc) is 2.14. The summed E-state index contributed by atoms with van der Waals surface area (Å²) in [6.07, 6.45) is 1.67. The molecule has 7 heteroatoms. The molecule has 0 amide bonds. The Bertz CT molecular complexity index is 516. The van der Waals surface area contributed by atoms with Crippen LogP contribution in [0.2, 0.25) is 0 Å². The number of halogens is 1. The molecule has 1 aromatic rings. The molecule has 0 saturated heterocycles. The first-order valence-corrected chi connectivity index (χ1v) is 4.18. The molecular weight excluding hydrogens is 220 g/mol. The molecule has 2 rings (SSSR count). The number of nitrogens with one attached hydrogen (secondary N) is 1. The number of aromatic nitrogens is 2. The Morgan fingerprint density at radius 1 is 1.40 bits per heavy atom. The molecule has 1 N–H and O–H groups in total. The fraction of sp³-hybridized carbons (Fsp3) is 0.375. The van der Waals surface area contributed by atoms with Crippen LogP contribution in [-0.4, -0.2) is 29.4 Å². The van der Waals surface area contributed by atoms with Crippen molar-refractivity contribution in [3.63, 3.8) is 0 Å². The number of anilines is 1. The third-order valence-electron chi connectivity index (χ3n) is 2.22. The number of rotatable bonds is 0. The number of fused-ring (bicyclic) bond motifs is 1. The molecular formula is C8H11ClN4O2. The Kier molecular flexibility index (Phi) is 2.99. The molecule has 0 atom stereocenters. The number of nitrogens with zero attached hydrogens (tertiary/aromatic N) is 3. The van der Waals surface area contributed by atoms with Gasteiger partial charge < -0.3 is 4.90 Å². The standard InChI is InChI=1S/C8H10N4O2.ClH/c1-11-4-3-9-6-5(11)7(13)10-8(14)12(6)2;/h3H,4H2,1-2H3,(H,10,13,14);1H. The van der Waals surface area contributed by atoms with Crippen LogP contribution in [0.15, 0.2) is 14.6 Å². The Labute approximate surface area is 91.7 Å². The Balaban J connectivity index is 0.00000112. The Hall–Kier alpha value is -1.56. The van der Waals surface area contributed by atoms with E-state index in [1.165, 1.54) is 4.57 Å². The third-order valence-corrected chi connectivity index (χ3v) is 2.22. The number of hydrogen-bond acceptors (Lipinski definition) is 4. The molecule has 2 heterocycles. The van der Waals surface area contributed by atoms with Gasteiger partial charge in [-0.05, 0) is 0 Å². The van der Waals surface area contributed by atoms with E-state index in [2.05, 4.69) is 9.98 Å². The largest absolute Gasteiger partial charge is 0.362 e. The number of aliphatic imine (C=N–C) groups is 1. The second-order valence-corrected chi connectivity index (χ2v) is 3.18. The molecule has 0 bridgehead atoms. The minimum absolute atomic E-state index is 0. The fourth-order valence-corrected chi connectivity index (χ4v) is 1.43. The van der Waals surface area contributed by atoms with E-state index in [-0.39, 0.29) is 18.0 Å². The van der Waals surface area contributed by atoms with Gasteiger partial charge in [-0.1, -0.05) is 0 Å². The van der Waals surface area contributed by atoms with Gasteiger partial charge in [-0.2, -0.15) is 0 Å². The lowest BCUT2D eigenvalue weighted by Crippen LogP contribution is -2.36. The summed E-state index contributed by atoms with van der Waals surface area (Å²) in [4.78, 5) is 30.7. The van der Waals surface area contributed by atoms with Gasteiger partial charge >= 0.3 is 5.69 Å². The second kappa shape index (κ2) is 3.90. The second-order valence-electron chi connectivity index (χ2n) is 3.18. The van der Waals surface area contributed by atoms with Crippen molar-refractivity contribution >= 4 is 30.1 Å². The monoisotopic (exact) mass is 230 g/mol. The first-order chi connectivity index (χ1) is 6.61. The van der Waals surface area contributed by atoms with E-state index in [4.69, 9.17) is 0 Å². The quantitative estimate of drug-likeness (QED) is 0.662. The molecule has 0 saturated carbocycles. The summed E-state index contributed by atoms with van der Waals surface area (Å²) >= 11 is 0. The highest BCUT2D eigenvalue weighted by atomic mass is 35.5. The molecule has 0 spiro atoms. The summed E-state index contributed by atoms with van der Waals surface area (Å²) in [5.74, 6) is 0.410. The van der Waals surface area contributed by atoms with Crippen LogP contribution in [0.5, 0.6) is 0 Å². The van der Waals surface area contributed by atoms with E-state index < -0.39 is 5.69 Å². The zero-order chi connectivity index (χ0) is 10.3. The van der Waals surface area contributed by atoms with Crippen LogP contribution in [0, 0.1) is 0 Å². The van der Waals surface area contributed by atoms with Crippen molar-refractivity contribution in [2.24, 2.45) is 12.0 Å². The van der Waals surface area contributed by atoms with Crippen molar-refractivity contribution < 1.29 is 0 Å². The molecule has 0 radical (unpaired) electrons. The van der Waals surface area contributed by atoms with Crippen LogP contribution in [0.4, 0.5) is 11.5 Å². The highest BCUT2D eigenvalue weighted by Gasteiger charge is 2.17. The smallest absolute Gasteiger partial charge is 0.329 e. The normalized spacial score (nSPS) is 13.3. The lowest BCUT2D eigenvalue weighted by atomic mass is 10.3. The number of hydrogen-bond donors (Lipinski definition) is 1. The molecule has 6 nitrogen and oxygen atoms in total. The van der Waals surface area contributed by atoms with Crippen molar-refractivity contribution in [3.8, 4) is 0 Å². The van der Waals surface area contributed by atoms with Gasteiger partial charge in [0.1, 0.15) is 5.69 Å². The summed E-state index contributed by atoms with van der Waals surface area (Å²) in [6, 6.07) is 0. The van der Waals surface area contributed by atoms with Crippen molar-refractivity contribution in [3.05, 3.63) is 20.8 Å². The molecule has 0 unspecified atom stereocenters. The van der Waals surface area contributed by atoms with Gasteiger partial charge in [0.15, 0.2) is 5.82 Å². The molecule has 1 aromatic heterocycles. The van der Waals surface area contributed by atoms with Gasteiger partial charge in [-0.15, -0.1) is 12.4 Å². The van der Waals surface area contributed by atoms with Gasteiger partial charge in [0.05, 0.1) is 6.54 Å². The minimum atomic E-state index is -0.443. The summed E-state index contributed by atoms with van der Waals surface area (Å²) in [6.45, 7) is 0.578. The number of aromatic amines is 1. The predicted molar refractivity (Wildman–Crippen MR) is 61.0 cm³/mol. The highest BCUT2D eigenvalue weighted by molar-refractivity contribution is 5.85. The van der Waals surface area contributed by atoms with E-state index in [0.29, 0.717) is 18.1 Å². The van der Waals surface area contributed by atoms with Crippen LogP contribution in [0.25, 0.3) is 0 Å². The van der Waals surface area contributed by atoms with E-state index in [1.54, 1.807) is 25.2 Å². The van der Waals surface area contributed by atoms with Crippen LogP contribution in [0.1, 0.15) is 0 Å². The lowest BCUT2D eigenvalue weighted by Gasteiger charge is -2.22. The van der Waals surface area contributed by atoms with Gasteiger partial charge in [0.2, 0.25) is 0 Å². The first kappa shape index (κ1) is 11.5. The van der Waals surface area contributed by atoms with E-state index in [9.17, 15) is 9.59 Å². The van der Waals surface area contributed by atoms with Crippen molar-refractivity contribution in [1.82, 2.24) is 9.55 Å². The maximum Gasteiger partial charge on any atom is 0.329 e. The SMILES string of the molecule is CN1CC=Nc2c1c(=O)[nH]c(=O)n2C.Cl. The molecule has 0 aliphatic carbocycles. The molecule has 82 valence electrons. The average molecular weight is 231 g/mol. The Morgan fingerprint density at radius 2 is 2.07 bits per heavy atom. The van der Waals surface area contributed by atoms with Crippen molar-refractivity contribution in [2.45, 2.75) is 0 Å². The van der Waals surface area contributed by atoms with Gasteiger partial charge in [0.25, 0.3) is 5.56 Å². The highest BCUT2D eigenvalue weighted by Crippen LogP contribution is 2.22. The molecule has 0 fully saturated rings. The molecule has 1 aliphatic rings. The van der Waals surface area contributed by atoms with Crippen LogP contribution in [0.3, 0.4) is 0 Å². The van der Waals surface area contributed by atoms with E-state index in [1.807, 2.05) is 0 Å². The van der Waals surface area contributed by atoms with Gasteiger partial charge in [-0.3, -0.25) is 14.3 Å². The summed E-state index contributed by atoms with van der Waals surface area (Å²) in [5.41, 5.74) is -0.391. The molecule has 0 aromatic carbocycles. The van der Waals surface area contributed by atoms with E-state index in [0.717, 1.165) is 0 Å². The van der Waals surface area contributed by atoms with Crippen LogP contribution >= 0.6 is 12.4 Å². The predicted octanol–water partition coefficient (Wildman–Crippen LogP) is -0.352. The number of H-pyrrole nitrogens is 1. The van der Waals surface area contributed by atoms with Gasteiger partial charge in [0, 0.05) is 20.3 Å². The summed E-state index contributed by atoms with van der Waals surface area (Å²) in [7, 11) is 3.36. The minimum Gasteiger partial charge on any atom is -0.362 e. The van der Waals surface area contributed by atoms with Crippen LogP contribution in [-0.2, 0) is 7.05 Å². The molecule has 1 aliphatic heterocycles. The fourth-order valence-electron chi connectivity index (χ4n) is 1.43. The maximum atomic E-state index is 11.5. The lowest BCUT2D eigenvalue weighted by molar-refractivity contribution is 0.788. The van der Waals surface area contributed by atoms with Crippen molar-refractivity contribution in [2.75, 3.05) is 18.5 Å². The van der Waals surface area contributed by atoms with Crippen LogP contribution < -0.4 is 16.1 Å². The van der Waals surface area contributed by atoms with E-state index >= 15 is 0 Å². The zero-order valence-electron chi connectivity index (χ0n) is 8.35. The zero-order valence-corrected chi connectivity index (χ0v) is 9.17. The topological polar surface area (TPSA) is 70.5 Å². The summed E-state index contributed by atoms with van der Waals surface area (Å²) < 4.78 is 1.32. The summed E-state index contributed by atoms with van der Waals surface area (Å²) in [5, 5.41) is 0. The molecule has 15 heavy (non-hydrogen) atoms. The first-order valence-electron chi connectivity index (χ1n) is 4.18. The maximum absolute atomic E-state index is 11.5. The van der Waals surface area contributed by atoms with Gasteiger partial charge in [-0.25, -0.2) is 9.79 Å². The van der Waals surface area contributed by atoms with Crippen molar-refractivity contribution in [1.29, 1.82) is 0 Å².